The molecule has 0 fully saturated rings. The lowest BCUT2D eigenvalue weighted by Gasteiger charge is -2.17. The van der Waals surface area contributed by atoms with E-state index in [0.717, 1.165) is 10.9 Å². The van der Waals surface area contributed by atoms with Crippen molar-refractivity contribution in [2.24, 2.45) is 0 Å². The molecule has 0 aliphatic rings. The highest BCUT2D eigenvalue weighted by atomic mass is 16.5. The number of carbonyl (C=O) groups excluding carboxylic acids is 1. The van der Waals surface area contributed by atoms with Crippen molar-refractivity contribution >= 4 is 16.9 Å². The fourth-order valence-electron chi connectivity index (χ4n) is 2.43. The summed E-state index contributed by atoms with van der Waals surface area (Å²) in [6.45, 7) is 7.48. The zero-order valence-corrected chi connectivity index (χ0v) is 14.4. The van der Waals surface area contributed by atoms with Gasteiger partial charge in [-0.3, -0.25) is 4.79 Å². The summed E-state index contributed by atoms with van der Waals surface area (Å²) in [4.78, 5) is 23.9. The third kappa shape index (κ3) is 3.59. The Morgan fingerprint density at radius 3 is 2.62 bits per heavy atom. The van der Waals surface area contributed by atoms with Gasteiger partial charge in [0.1, 0.15) is 11.3 Å². The van der Waals surface area contributed by atoms with Gasteiger partial charge in [-0.05, 0) is 51.8 Å². The predicted octanol–water partition coefficient (Wildman–Crippen LogP) is 1.98. The highest BCUT2D eigenvalue weighted by Crippen LogP contribution is 2.29. The quantitative estimate of drug-likeness (QED) is 0.623. The minimum Gasteiger partial charge on any atom is -0.480 e. The SMILES string of the molecule is Cc1c(C)c2ccc(O[C@H](C)C(=O)NCCCO)c(C)c2oc1=O. The van der Waals surface area contributed by atoms with E-state index in [1.165, 1.54) is 0 Å². The summed E-state index contributed by atoms with van der Waals surface area (Å²) < 4.78 is 11.1. The van der Waals surface area contributed by atoms with Crippen LogP contribution in [-0.4, -0.2) is 30.3 Å². The zero-order valence-electron chi connectivity index (χ0n) is 14.4. The number of amides is 1. The van der Waals surface area contributed by atoms with E-state index < -0.39 is 6.10 Å². The van der Waals surface area contributed by atoms with E-state index >= 15 is 0 Å². The van der Waals surface area contributed by atoms with Crippen molar-refractivity contribution in [3.63, 3.8) is 0 Å². The summed E-state index contributed by atoms with van der Waals surface area (Å²) in [5.41, 5.74) is 2.27. The van der Waals surface area contributed by atoms with Crippen LogP contribution < -0.4 is 15.7 Å². The van der Waals surface area contributed by atoms with Gasteiger partial charge in [0.2, 0.25) is 0 Å². The van der Waals surface area contributed by atoms with E-state index in [2.05, 4.69) is 5.32 Å². The number of fused-ring (bicyclic) bond motifs is 1. The molecule has 0 spiro atoms. The van der Waals surface area contributed by atoms with Crippen molar-refractivity contribution in [2.45, 2.75) is 40.2 Å². The number of aryl methyl sites for hydroxylation is 2. The first-order valence-electron chi connectivity index (χ1n) is 7.95. The maximum atomic E-state index is 12.0. The molecule has 0 aliphatic heterocycles. The van der Waals surface area contributed by atoms with Gasteiger partial charge in [-0.1, -0.05) is 0 Å². The maximum Gasteiger partial charge on any atom is 0.339 e. The fraction of sp³-hybridized carbons (Fsp3) is 0.444. The van der Waals surface area contributed by atoms with Crippen molar-refractivity contribution in [3.8, 4) is 5.75 Å². The summed E-state index contributed by atoms with van der Waals surface area (Å²) in [7, 11) is 0. The number of carbonyl (C=O) groups is 1. The van der Waals surface area contributed by atoms with Crippen LogP contribution in [0.4, 0.5) is 0 Å². The van der Waals surface area contributed by atoms with Crippen molar-refractivity contribution in [3.05, 3.63) is 39.2 Å². The van der Waals surface area contributed by atoms with E-state index in [1.807, 2.05) is 13.0 Å². The van der Waals surface area contributed by atoms with Gasteiger partial charge in [0, 0.05) is 29.7 Å². The fourth-order valence-corrected chi connectivity index (χ4v) is 2.43. The first-order chi connectivity index (χ1) is 11.4. The molecular weight excluding hydrogens is 310 g/mol. The highest BCUT2D eigenvalue weighted by Gasteiger charge is 2.18. The van der Waals surface area contributed by atoms with Gasteiger partial charge in [0.25, 0.3) is 5.91 Å². The van der Waals surface area contributed by atoms with Crippen molar-refractivity contribution < 1.29 is 19.1 Å². The molecule has 2 N–H and O–H groups in total. The molecule has 1 amide bonds. The maximum absolute atomic E-state index is 12.0. The molecule has 0 unspecified atom stereocenters. The monoisotopic (exact) mass is 333 g/mol. The Kier molecular flexibility index (Phi) is 5.62. The summed E-state index contributed by atoms with van der Waals surface area (Å²) in [5, 5.41) is 12.3. The third-order valence-electron chi connectivity index (χ3n) is 4.13. The summed E-state index contributed by atoms with van der Waals surface area (Å²) >= 11 is 0. The van der Waals surface area contributed by atoms with Crippen LogP contribution in [0.25, 0.3) is 11.0 Å². The van der Waals surface area contributed by atoms with Crippen molar-refractivity contribution in [1.82, 2.24) is 5.32 Å². The molecule has 0 radical (unpaired) electrons. The van der Waals surface area contributed by atoms with Gasteiger partial charge < -0.3 is 19.6 Å². The number of hydrogen-bond acceptors (Lipinski definition) is 5. The largest absolute Gasteiger partial charge is 0.480 e. The van der Waals surface area contributed by atoms with Crippen LogP contribution in [0.2, 0.25) is 0 Å². The zero-order chi connectivity index (χ0) is 17.9. The second kappa shape index (κ2) is 7.49. The predicted molar refractivity (Wildman–Crippen MR) is 91.5 cm³/mol. The molecular formula is C18H23NO5. The molecule has 1 aromatic carbocycles. The lowest BCUT2D eigenvalue weighted by molar-refractivity contribution is -0.127. The lowest BCUT2D eigenvalue weighted by Crippen LogP contribution is -2.37. The molecule has 1 heterocycles. The van der Waals surface area contributed by atoms with E-state index in [0.29, 0.717) is 35.4 Å². The van der Waals surface area contributed by atoms with Gasteiger partial charge in [0.15, 0.2) is 6.10 Å². The first kappa shape index (κ1) is 18.0. The minimum absolute atomic E-state index is 0.0249. The average molecular weight is 333 g/mol. The standard InChI is InChI=1S/C18H23NO5/c1-10-11(2)18(22)24-16-12(3)15(7-6-14(10)16)23-13(4)17(21)19-8-5-9-20/h6-7,13,20H,5,8-9H2,1-4H3,(H,19,21)/t13-/m1/s1. The van der Waals surface area contributed by atoms with Gasteiger partial charge in [-0.15, -0.1) is 0 Å². The second-order valence-corrected chi connectivity index (χ2v) is 5.83. The van der Waals surface area contributed by atoms with E-state index in [9.17, 15) is 9.59 Å². The first-order valence-corrected chi connectivity index (χ1v) is 7.95. The van der Waals surface area contributed by atoms with Crippen LogP contribution in [0.3, 0.4) is 0 Å². The summed E-state index contributed by atoms with van der Waals surface area (Å²) in [5.74, 6) is 0.239. The molecule has 24 heavy (non-hydrogen) atoms. The number of hydrogen-bond donors (Lipinski definition) is 2. The van der Waals surface area contributed by atoms with Crippen LogP contribution in [0, 0.1) is 20.8 Å². The molecule has 1 aromatic heterocycles. The molecule has 6 nitrogen and oxygen atoms in total. The number of benzene rings is 1. The van der Waals surface area contributed by atoms with Crippen molar-refractivity contribution in [2.75, 3.05) is 13.2 Å². The molecule has 1 atom stereocenters. The van der Waals surface area contributed by atoms with Gasteiger partial charge in [0.05, 0.1) is 0 Å². The third-order valence-corrected chi connectivity index (χ3v) is 4.13. The minimum atomic E-state index is -0.696. The van der Waals surface area contributed by atoms with E-state index in [1.54, 1.807) is 26.8 Å². The Bertz CT molecular complexity index is 809. The smallest absolute Gasteiger partial charge is 0.339 e. The van der Waals surface area contributed by atoms with Gasteiger partial charge in [-0.2, -0.15) is 0 Å². The average Bonchev–Trinajstić information content (AvgIpc) is 2.56. The highest BCUT2D eigenvalue weighted by molar-refractivity contribution is 5.86. The number of rotatable bonds is 6. The van der Waals surface area contributed by atoms with Crippen LogP contribution in [-0.2, 0) is 4.79 Å². The Labute approximate surface area is 140 Å². The number of ether oxygens (including phenoxy) is 1. The van der Waals surface area contributed by atoms with E-state index in [4.69, 9.17) is 14.3 Å². The second-order valence-electron chi connectivity index (χ2n) is 5.83. The van der Waals surface area contributed by atoms with Crippen LogP contribution in [0.1, 0.15) is 30.0 Å². The molecule has 6 heteroatoms. The van der Waals surface area contributed by atoms with Gasteiger partial charge >= 0.3 is 5.63 Å². The normalized spacial score (nSPS) is 12.2. The Morgan fingerprint density at radius 1 is 1.25 bits per heavy atom. The van der Waals surface area contributed by atoms with Gasteiger partial charge in [-0.25, -0.2) is 4.79 Å². The van der Waals surface area contributed by atoms with E-state index in [-0.39, 0.29) is 18.1 Å². The summed E-state index contributed by atoms with van der Waals surface area (Å²) in [6.07, 6.45) is -0.199. The molecule has 0 bridgehead atoms. The summed E-state index contributed by atoms with van der Waals surface area (Å²) in [6, 6.07) is 3.61. The van der Waals surface area contributed by atoms with Crippen molar-refractivity contribution in [1.29, 1.82) is 0 Å². The Balaban J connectivity index is 2.27. The molecule has 130 valence electrons. The van der Waals surface area contributed by atoms with Crippen LogP contribution in [0.5, 0.6) is 5.75 Å². The van der Waals surface area contributed by atoms with Crippen LogP contribution >= 0.6 is 0 Å². The number of nitrogens with one attached hydrogen (secondary N) is 1. The molecule has 2 aromatic rings. The number of aliphatic hydroxyl groups is 1. The number of aliphatic hydroxyl groups excluding tert-OH is 1. The Hall–Kier alpha value is -2.34. The lowest BCUT2D eigenvalue weighted by atomic mass is 10.0. The molecule has 0 aliphatic carbocycles. The molecule has 0 saturated carbocycles. The Morgan fingerprint density at radius 2 is 1.96 bits per heavy atom. The molecule has 0 saturated heterocycles. The topological polar surface area (TPSA) is 88.8 Å². The van der Waals surface area contributed by atoms with Crippen LogP contribution in [0.15, 0.2) is 21.3 Å². The molecule has 2 rings (SSSR count).